The fourth-order valence-corrected chi connectivity index (χ4v) is 2.93. The lowest BCUT2D eigenvalue weighted by Gasteiger charge is -2.15. The molecule has 2 aromatic carbocycles. The van der Waals surface area contributed by atoms with Crippen LogP contribution in [0.1, 0.15) is 22.8 Å². The summed E-state index contributed by atoms with van der Waals surface area (Å²) in [6.45, 7) is 2.62. The SMILES string of the molecule is CSc1ccc(C[NH+](C)CC(=O)Nc2ccccc2C(C)=O)cc1. The maximum atomic E-state index is 12.2. The number of ketones is 1. The van der Waals surface area contributed by atoms with E-state index in [1.807, 2.05) is 13.1 Å². The number of carbonyl (C=O) groups excluding carboxylic acids is 2. The summed E-state index contributed by atoms with van der Waals surface area (Å²) >= 11 is 1.71. The number of hydrogen-bond donors (Lipinski definition) is 2. The Hall–Kier alpha value is -2.11. The van der Waals surface area contributed by atoms with Gasteiger partial charge in [-0.25, -0.2) is 0 Å². The fourth-order valence-electron chi connectivity index (χ4n) is 2.52. The number of hydrogen-bond acceptors (Lipinski definition) is 3. The summed E-state index contributed by atoms with van der Waals surface area (Å²) in [5, 5.41) is 2.84. The van der Waals surface area contributed by atoms with Crippen molar-refractivity contribution < 1.29 is 14.5 Å². The molecule has 2 rings (SSSR count). The van der Waals surface area contributed by atoms with Gasteiger partial charge in [0.25, 0.3) is 5.91 Å². The van der Waals surface area contributed by atoms with Gasteiger partial charge < -0.3 is 10.2 Å². The Labute approximate surface area is 147 Å². The van der Waals surface area contributed by atoms with E-state index < -0.39 is 0 Å². The van der Waals surface area contributed by atoms with Gasteiger partial charge in [-0.1, -0.05) is 24.3 Å². The summed E-state index contributed by atoms with van der Waals surface area (Å²) in [6, 6.07) is 15.5. The summed E-state index contributed by atoms with van der Waals surface area (Å²) < 4.78 is 0. The average molecular weight is 343 g/mol. The van der Waals surface area contributed by atoms with Crippen LogP contribution in [0.2, 0.25) is 0 Å². The first-order chi connectivity index (χ1) is 11.5. The highest BCUT2D eigenvalue weighted by atomic mass is 32.2. The number of nitrogens with one attached hydrogen (secondary N) is 2. The minimum absolute atomic E-state index is 0.0551. The molecule has 0 aliphatic carbocycles. The summed E-state index contributed by atoms with van der Waals surface area (Å²) in [6.07, 6.45) is 2.05. The molecular formula is C19H23N2O2S+. The van der Waals surface area contributed by atoms with Gasteiger partial charge in [0.15, 0.2) is 12.3 Å². The number of likely N-dealkylation sites (N-methyl/N-ethyl adjacent to an activating group) is 1. The summed E-state index contributed by atoms with van der Waals surface area (Å²) in [5.74, 6) is -0.151. The summed E-state index contributed by atoms with van der Waals surface area (Å²) in [7, 11) is 1.99. The Balaban J connectivity index is 1.93. The van der Waals surface area contributed by atoms with Crippen LogP contribution in [0.3, 0.4) is 0 Å². The van der Waals surface area contributed by atoms with E-state index in [0.717, 1.165) is 11.4 Å². The van der Waals surface area contributed by atoms with E-state index in [-0.39, 0.29) is 11.7 Å². The zero-order valence-electron chi connectivity index (χ0n) is 14.3. The quantitative estimate of drug-likeness (QED) is 0.599. The molecule has 4 nitrogen and oxygen atoms in total. The minimum atomic E-state index is -0.0954. The third-order valence-corrected chi connectivity index (χ3v) is 4.45. The third kappa shape index (κ3) is 5.22. The third-order valence-electron chi connectivity index (χ3n) is 3.71. The molecule has 2 aromatic rings. The topological polar surface area (TPSA) is 50.6 Å². The molecule has 0 aliphatic rings. The lowest BCUT2D eigenvalue weighted by molar-refractivity contribution is -0.885. The monoisotopic (exact) mass is 343 g/mol. The summed E-state index contributed by atoms with van der Waals surface area (Å²) in [5.41, 5.74) is 2.31. The van der Waals surface area contributed by atoms with Crippen LogP contribution in [0.5, 0.6) is 0 Å². The summed E-state index contributed by atoms with van der Waals surface area (Å²) in [4.78, 5) is 26.2. The van der Waals surface area contributed by atoms with Crippen LogP contribution in [0.25, 0.3) is 0 Å². The Kier molecular flexibility index (Phi) is 6.58. The number of quaternary nitrogens is 1. The molecule has 0 heterocycles. The van der Waals surface area contributed by atoms with Crippen LogP contribution in [0, 0.1) is 0 Å². The lowest BCUT2D eigenvalue weighted by atomic mass is 10.1. The number of Topliss-reactive ketones (excluding diaryl/α,β-unsaturated/α-hetero) is 1. The van der Waals surface area contributed by atoms with Gasteiger partial charge in [0.05, 0.1) is 12.7 Å². The standard InChI is InChI=1S/C19H22N2O2S/c1-14(22)17-6-4-5-7-18(17)20-19(23)13-21(2)12-15-8-10-16(24-3)11-9-15/h4-11H,12-13H2,1-3H3,(H,20,23)/p+1. The molecule has 1 unspecified atom stereocenters. The van der Waals surface area contributed by atoms with E-state index in [2.05, 4.69) is 35.8 Å². The molecule has 0 spiro atoms. The molecule has 0 fully saturated rings. The predicted octanol–water partition coefficient (Wildman–Crippen LogP) is 2.26. The van der Waals surface area contributed by atoms with Crippen molar-refractivity contribution in [2.45, 2.75) is 18.4 Å². The number of benzene rings is 2. The number of amides is 1. The molecule has 126 valence electrons. The highest BCUT2D eigenvalue weighted by Gasteiger charge is 2.14. The van der Waals surface area contributed by atoms with E-state index in [1.165, 1.54) is 17.4 Å². The second kappa shape index (κ2) is 8.66. The van der Waals surface area contributed by atoms with Crippen LogP contribution in [0.15, 0.2) is 53.4 Å². The molecule has 0 aliphatic heterocycles. The molecule has 24 heavy (non-hydrogen) atoms. The van der Waals surface area contributed by atoms with Crippen molar-refractivity contribution in [1.82, 2.24) is 0 Å². The van der Waals surface area contributed by atoms with Gasteiger partial charge in [-0.2, -0.15) is 0 Å². The Morgan fingerprint density at radius 1 is 1.08 bits per heavy atom. The first-order valence-corrected chi connectivity index (χ1v) is 9.06. The van der Waals surface area contributed by atoms with Crippen molar-refractivity contribution in [3.05, 3.63) is 59.7 Å². The fraction of sp³-hybridized carbons (Fsp3) is 0.263. The van der Waals surface area contributed by atoms with Crippen LogP contribution in [-0.4, -0.2) is 31.5 Å². The molecule has 0 saturated heterocycles. The Bertz CT molecular complexity index is 714. The van der Waals surface area contributed by atoms with Crippen LogP contribution >= 0.6 is 11.8 Å². The zero-order valence-corrected chi connectivity index (χ0v) is 15.1. The molecule has 2 N–H and O–H groups in total. The normalized spacial score (nSPS) is 11.8. The average Bonchev–Trinajstić information content (AvgIpc) is 2.55. The molecule has 0 bridgehead atoms. The van der Waals surface area contributed by atoms with Gasteiger partial charge in [0, 0.05) is 16.0 Å². The van der Waals surface area contributed by atoms with Crippen molar-refractivity contribution in [3.8, 4) is 0 Å². The Morgan fingerprint density at radius 2 is 1.75 bits per heavy atom. The van der Waals surface area contributed by atoms with Crippen molar-refractivity contribution in [1.29, 1.82) is 0 Å². The van der Waals surface area contributed by atoms with Gasteiger partial charge in [-0.05, 0) is 37.4 Å². The van der Waals surface area contributed by atoms with E-state index in [4.69, 9.17) is 0 Å². The number of rotatable bonds is 7. The smallest absolute Gasteiger partial charge is 0.279 e. The molecule has 0 aromatic heterocycles. The first kappa shape index (κ1) is 18.2. The van der Waals surface area contributed by atoms with Crippen molar-refractivity contribution in [2.24, 2.45) is 0 Å². The van der Waals surface area contributed by atoms with Crippen LogP contribution in [-0.2, 0) is 11.3 Å². The van der Waals surface area contributed by atoms with E-state index in [0.29, 0.717) is 17.8 Å². The van der Waals surface area contributed by atoms with Crippen molar-refractivity contribution in [2.75, 3.05) is 25.2 Å². The minimum Gasteiger partial charge on any atom is -0.326 e. The molecular weight excluding hydrogens is 320 g/mol. The number of para-hydroxylation sites is 1. The van der Waals surface area contributed by atoms with Gasteiger partial charge >= 0.3 is 0 Å². The molecule has 1 atom stereocenters. The molecule has 1 amide bonds. The maximum absolute atomic E-state index is 12.2. The molecule has 0 saturated carbocycles. The number of anilines is 1. The van der Waals surface area contributed by atoms with Gasteiger partial charge in [-0.15, -0.1) is 11.8 Å². The van der Waals surface area contributed by atoms with Gasteiger partial charge in [0.1, 0.15) is 6.54 Å². The highest BCUT2D eigenvalue weighted by molar-refractivity contribution is 7.98. The largest absolute Gasteiger partial charge is 0.326 e. The van der Waals surface area contributed by atoms with Gasteiger partial charge in [0.2, 0.25) is 0 Å². The zero-order chi connectivity index (χ0) is 17.5. The Morgan fingerprint density at radius 3 is 2.38 bits per heavy atom. The van der Waals surface area contributed by atoms with Crippen LogP contribution < -0.4 is 10.2 Å². The first-order valence-electron chi connectivity index (χ1n) is 7.83. The second-order valence-corrected chi connectivity index (χ2v) is 6.69. The maximum Gasteiger partial charge on any atom is 0.279 e. The number of carbonyl (C=O) groups is 2. The van der Waals surface area contributed by atoms with E-state index in [9.17, 15) is 9.59 Å². The molecule has 5 heteroatoms. The lowest BCUT2D eigenvalue weighted by Crippen LogP contribution is -3.08. The van der Waals surface area contributed by atoms with Crippen LogP contribution in [0.4, 0.5) is 5.69 Å². The highest BCUT2D eigenvalue weighted by Crippen LogP contribution is 2.15. The van der Waals surface area contributed by atoms with Crippen molar-refractivity contribution in [3.63, 3.8) is 0 Å². The van der Waals surface area contributed by atoms with E-state index >= 15 is 0 Å². The van der Waals surface area contributed by atoms with Gasteiger partial charge in [-0.3, -0.25) is 9.59 Å². The predicted molar refractivity (Wildman–Crippen MR) is 98.8 cm³/mol. The number of thioether (sulfide) groups is 1. The second-order valence-electron chi connectivity index (χ2n) is 5.81. The van der Waals surface area contributed by atoms with Crippen molar-refractivity contribution >= 4 is 29.1 Å². The molecule has 0 radical (unpaired) electrons. The van der Waals surface area contributed by atoms with E-state index in [1.54, 1.807) is 30.0 Å².